The van der Waals surface area contributed by atoms with Crippen molar-refractivity contribution in [2.75, 3.05) is 0 Å². The number of hydrogen-bond acceptors (Lipinski definition) is 5. The van der Waals surface area contributed by atoms with Gasteiger partial charge in [0.25, 0.3) is 0 Å². The quantitative estimate of drug-likeness (QED) is 0.185. The number of para-hydroxylation sites is 4. The average molecular weight is 675 g/mol. The molecular formula is C46H22N6O. The Bertz CT molecular complexity index is 3310. The maximum Gasteiger partial charge on any atom is 0.136 e. The maximum atomic E-state index is 10.8. The summed E-state index contributed by atoms with van der Waals surface area (Å²) < 4.78 is 10.3. The summed E-state index contributed by atoms with van der Waals surface area (Å²) in [5, 5.41) is 48.3. The van der Waals surface area contributed by atoms with Crippen LogP contribution in [0.4, 0.5) is 0 Å². The third-order valence-electron chi connectivity index (χ3n) is 10.2. The van der Waals surface area contributed by atoms with E-state index in [0.717, 1.165) is 65.6 Å². The lowest BCUT2D eigenvalue weighted by atomic mass is 9.93. The third-order valence-corrected chi connectivity index (χ3v) is 10.2. The predicted octanol–water partition coefficient (Wildman–Crippen LogP) is 10.9. The normalized spacial score (nSPS) is 11.3. The summed E-state index contributed by atoms with van der Waals surface area (Å²) in [4.78, 5) is 0. The van der Waals surface area contributed by atoms with Crippen molar-refractivity contribution in [2.24, 2.45) is 0 Å². The van der Waals surface area contributed by atoms with Gasteiger partial charge >= 0.3 is 0 Å². The highest BCUT2D eigenvalue weighted by atomic mass is 16.3. The number of nitrogens with zero attached hydrogens (tertiary/aromatic N) is 6. The van der Waals surface area contributed by atoms with Gasteiger partial charge in [0.05, 0.1) is 61.8 Å². The van der Waals surface area contributed by atoms with Crippen LogP contribution in [0.2, 0.25) is 0 Å². The van der Waals surface area contributed by atoms with Crippen LogP contribution in [0, 0.1) is 45.3 Å². The lowest BCUT2D eigenvalue weighted by Crippen LogP contribution is -2.05. The van der Waals surface area contributed by atoms with Gasteiger partial charge in [-0.3, -0.25) is 0 Å². The van der Waals surface area contributed by atoms with Crippen LogP contribution in [0.25, 0.3) is 88.1 Å². The van der Waals surface area contributed by atoms with E-state index in [9.17, 15) is 21.0 Å². The van der Waals surface area contributed by atoms with Gasteiger partial charge in [0.1, 0.15) is 29.4 Å². The van der Waals surface area contributed by atoms with Gasteiger partial charge in [-0.05, 0) is 66.2 Å². The van der Waals surface area contributed by atoms with Gasteiger partial charge in [0.2, 0.25) is 0 Å². The van der Waals surface area contributed by atoms with Crippen molar-refractivity contribution < 1.29 is 4.42 Å². The monoisotopic (exact) mass is 674 g/mol. The standard InChI is InChI=1S/C46H22N6O/c47-23-27-19-29(24-48)46(52-39-15-7-3-11-34(39)43-40(52)17-18-42-44(43)35-12-4-8-16-41(35)53-42)36(20-27)28-21-30(25-49)45(31(22-28)26-50)51-37-13-5-1-9-32(37)33-10-2-6-14-38(33)51/h1-22H. The predicted molar refractivity (Wildman–Crippen MR) is 207 cm³/mol. The van der Waals surface area contributed by atoms with Gasteiger partial charge in [-0.2, -0.15) is 21.0 Å². The van der Waals surface area contributed by atoms with Gasteiger partial charge in [0, 0.05) is 37.9 Å². The molecule has 53 heavy (non-hydrogen) atoms. The van der Waals surface area contributed by atoms with Crippen LogP contribution < -0.4 is 0 Å². The second-order valence-corrected chi connectivity index (χ2v) is 12.9. The van der Waals surface area contributed by atoms with Crippen molar-refractivity contribution in [1.29, 1.82) is 21.0 Å². The molecule has 3 aromatic heterocycles. The fourth-order valence-corrected chi connectivity index (χ4v) is 8.13. The second kappa shape index (κ2) is 11.2. The van der Waals surface area contributed by atoms with E-state index < -0.39 is 0 Å². The number of nitriles is 4. The van der Waals surface area contributed by atoms with Crippen LogP contribution >= 0.6 is 0 Å². The molecule has 0 unspecified atom stereocenters. The van der Waals surface area contributed by atoms with Gasteiger partial charge in [-0.1, -0.05) is 72.8 Å². The molecule has 0 bridgehead atoms. The van der Waals surface area contributed by atoms with Crippen molar-refractivity contribution >= 4 is 65.6 Å². The Hall–Kier alpha value is -8.10. The highest BCUT2D eigenvalue weighted by Crippen LogP contribution is 2.44. The maximum absolute atomic E-state index is 10.8. The number of aromatic nitrogens is 2. The van der Waals surface area contributed by atoms with Crippen LogP contribution in [0.1, 0.15) is 22.3 Å². The largest absolute Gasteiger partial charge is 0.456 e. The van der Waals surface area contributed by atoms with Crippen molar-refractivity contribution in [2.45, 2.75) is 0 Å². The molecule has 0 aliphatic heterocycles. The van der Waals surface area contributed by atoms with Crippen molar-refractivity contribution in [1.82, 2.24) is 9.13 Å². The van der Waals surface area contributed by atoms with Gasteiger partial charge < -0.3 is 13.6 Å². The Morgan fingerprint density at radius 1 is 0.415 bits per heavy atom. The summed E-state index contributed by atoms with van der Waals surface area (Å²) in [6.45, 7) is 0. The second-order valence-electron chi connectivity index (χ2n) is 12.9. The minimum absolute atomic E-state index is 0.280. The van der Waals surface area contributed by atoms with E-state index in [1.807, 2.05) is 108 Å². The molecule has 0 saturated heterocycles. The summed E-state index contributed by atoms with van der Waals surface area (Å²) in [6.07, 6.45) is 0. The molecule has 7 aromatic carbocycles. The molecule has 0 fully saturated rings. The van der Waals surface area contributed by atoms with E-state index in [1.54, 1.807) is 24.3 Å². The number of hydrogen-bond donors (Lipinski definition) is 0. The lowest BCUT2D eigenvalue weighted by Gasteiger charge is -2.18. The van der Waals surface area contributed by atoms with E-state index in [2.05, 4.69) is 34.9 Å². The molecule has 10 aromatic rings. The van der Waals surface area contributed by atoms with Crippen LogP contribution in [0.5, 0.6) is 0 Å². The van der Waals surface area contributed by atoms with Gasteiger partial charge in [-0.25, -0.2) is 0 Å². The summed E-state index contributed by atoms with van der Waals surface area (Å²) in [6, 6.07) is 52.0. The fraction of sp³-hybridized carbons (Fsp3) is 0. The van der Waals surface area contributed by atoms with Crippen LogP contribution in [-0.4, -0.2) is 9.13 Å². The van der Waals surface area contributed by atoms with Crippen molar-refractivity contribution in [3.8, 4) is 46.8 Å². The van der Waals surface area contributed by atoms with Crippen LogP contribution in [0.15, 0.2) is 138 Å². The molecule has 0 saturated carbocycles. The summed E-state index contributed by atoms with van der Waals surface area (Å²) >= 11 is 0. The third kappa shape index (κ3) is 4.11. The molecule has 0 radical (unpaired) electrons. The Kier molecular flexibility index (Phi) is 6.30. The minimum Gasteiger partial charge on any atom is -0.456 e. The highest BCUT2D eigenvalue weighted by molar-refractivity contribution is 6.27. The summed E-state index contributed by atoms with van der Waals surface area (Å²) in [5.74, 6) is 0. The Morgan fingerprint density at radius 2 is 0.943 bits per heavy atom. The SMILES string of the molecule is N#Cc1cc(C#N)c(-n2c3ccccc3c3c4c(ccc32)oc2ccccc24)c(-c2cc(C#N)c(-n3c4ccccc4c4ccccc43)c(C#N)c2)c1. The molecule has 0 amide bonds. The molecule has 0 aliphatic carbocycles. The first kappa shape index (κ1) is 29.8. The average Bonchev–Trinajstić information content (AvgIpc) is 3.87. The van der Waals surface area contributed by atoms with Crippen molar-refractivity contribution in [3.63, 3.8) is 0 Å². The Balaban J connectivity index is 1.32. The molecule has 7 heteroatoms. The van der Waals surface area contributed by atoms with E-state index in [4.69, 9.17) is 4.42 Å². The molecular weight excluding hydrogens is 653 g/mol. The fourth-order valence-electron chi connectivity index (χ4n) is 8.13. The van der Waals surface area contributed by atoms with E-state index in [1.165, 1.54) is 0 Å². The van der Waals surface area contributed by atoms with E-state index in [-0.39, 0.29) is 22.3 Å². The number of furan rings is 1. The van der Waals surface area contributed by atoms with Gasteiger partial charge in [0.15, 0.2) is 0 Å². The van der Waals surface area contributed by atoms with E-state index in [0.29, 0.717) is 22.5 Å². The van der Waals surface area contributed by atoms with Gasteiger partial charge in [-0.15, -0.1) is 0 Å². The van der Waals surface area contributed by atoms with E-state index >= 15 is 0 Å². The summed E-state index contributed by atoms with van der Waals surface area (Å²) in [5.41, 5.74) is 8.19. The highest BCUT2D eigenvalue weighted by Gasteiger charge is 2.25. The first-order valence-corrected chi connectivity index (χ1v) is 16.9. The zero-order valence-electron chi connectivity index (χ0n) is 27.8. The topological polar surface area (TPSA) is 118 Å². The molecule has 0 spiro atoms. The molecule has 3 heterocycles. The molecule has 0 atom stereocenters. The Labute approximate surface area is 301 Å². The first-order valence-electron chi connectivity index (χ1n) is 16.9. The zero-order chi connectivity index (χ0) is 35.8. The molecule has 242 valence electrons. The van der Waals surface area contributed by atoms with Crippen LogP contribution in [-0.2, 0) is 0 Å². The lowest BCUT2D eigenvalue weighted by molar-refractivity contribution is 0.669. The van der Waals surface area contributed by atoms with Crippen molar-refractivity contribution in [3.05, 3.63) is 156 Å². The summed E-state index contributed by atoms with van der Waals surface area (Å²) in [7, 11) is 0. The smallest absolute Gasteiger partial charge is 0.136 e. The molecule has 0 N–H and O–H groups in total. The minimum atomic E-state index is 0.280. The Morgan fingerprint density at radius 3 is 1.57 bits per heavy atom. The van der Waals surface area contributed by atoms with Crippen LogP contribution in [0.3, 0.4) is 0 Å². The zero-order valence-corrected chi connectivity index (χ0v) is 27.8. The molecule has 7 nitrogen and oxygen atoms in total. The number of benzene rings is 7. The molecule has 0 aliphatic rings. The molecule has 10 rings (SSSR count). The number of rotatable bonds is 3. The number of fused-ring (bicyclic) bond motifs is 10. The first-order chi connectivity index (χ1) is 26.1.